The maximum atomic E-state index is 11.4. The molecular weight excluding hydrogens is 266 g/mol. The molecule has 7 heteroatoms. The molecule has 2 N–H and O–H groups in total. The second-order valence-corrected chi connectivity index (χ2v) is 6.41. The van der Waals surface area contributed by atoms with Crippen LogP contribution in [0.15, 0.2) is 27.8 Å². The zero-order valence-electron chi connectivity index (χ0n) is 11.3. The topological polar surface area (TPSA) is 83.7 Å². The van der Waals surface area contributed by atoms with E-state index in [1.54, 1.807) is 19.3 Å². The fourth-order valence-electron chi connectivity index (χ4n) is 1.37. The lowest BCUT2D eigenvalue weighted by atomic mass is 10.4. The predicted molar refractivity (Wildman–Crippen MR) is 75.9 cm³/mol. The SMILES string of the molecule is CCNC(=NCc1ccco1)NCCS(=O)(=O)CC. The highest BCUT2D eigenvalue weighted by Crippen LogP contribution is 2.00. The number of furan rings is 1. The van der Waals surface area contributed by atoms with E-state index in [2.05, 4.69) is 15.6 Å². The van der Waals surface area contributed by atoms with Gasteiger partial charge in [-0.15, -0.1) is 0 Å². The van der Waals surface area contributed by atoms with Crippen LogP contribution in [0.5, 0.6) is 0 Å². The van der Waals surface area contributed by atoms with Gasteiger partial charge in [0.05, 0.1) is 12.0 Å². The van der Waals surface area contributed by atoms with Gasteiger partial charge < -0.3 is 15.1 Å². The molecule has 1 aromatic rings. The Kier molecular flexibility index (Phi) is 6.41. The Morgan fingerprint density at radius 1 is 1.37 bits per heavy atom. The summed E-state index contributed by atoms with van der Waals surface area (Å²) in [6, 6.07) is 3.65. The van der Waals surface area contributed by atoms with Crippen LogP contribution in [-0.2, 0) is 16.4 Å². The summed E-state index contributed by atoms with van der Waals surface area (Å²) >= 11 is 0. The Labute approximate surface area is 114 Å². The van der Waals surface area contributed by atoms with Gasteiger partial charge in [-0.05, 0) is 19.1 Å². The first-order chi connectivity index (χ1) is 9.07. The molecule has 0 amide bonds. The lowest BCUT2D eigenvalue weighted by molar-refractivity contribution is 0.512. The van der Waals surface area contributed by atoms with Crippen LogP contribution >= 0.6 is 0 Å². The number of rotatable bonds is 7. The van der Waals surface area contributed by atoms with Gasteiger partial charge in [0.2, 0.25) is 0 Å². The fraction of sp³-hybridized carbons (Fsp3) is 0.583. The van der Waals surface area contributed by atoms with E-state index in [1.165, 1.54) is 0 Å². The number of nitrogens with zero attached hydrogens (tertiary/aromatic N) is 1. The molecule has 0 bridgehead atoms. The number of aliphatic imine (C=N–C) groups is 1. The van der Waals surface area contributed by atoms with Crippen molar-refractivity contribution in [3.63, 3.8) is 0 Å². The van der Waals surface area contributed by atoms with Crippen molar-refractivity contribution in [2.75, 3.05) is 24.6 Å². The van der Waals surface area contributed by atoms with Gasteiger partial charge in [0, 0.05) is 18.8 Å². The molecule has 0 radical (unpaired) electrons. The second kappa shape index (κ2) is 7.83. The quantitative estimate of drug-likeness (QED) is 0.571. The molecular formula is C12H21N3O3S. The summed E-state index contributed by atoms with van der Waals surface area (Å²) in [5, 5.41) is 6.04. The van der Waals surface area contributed by atoms with Gasteiger partial charge in [-0.2, -0.15) is 0 Å². The molecule has 1 heterocycles. The van der Waals surface area contributed by atoms with E-state index in [0.29, 0.717) is 25.6 Å². The van der Waals surface area contributed by atoms with Gasteiger partial charge in [0.15, 0.2) is 15.8 Å². The molecule has 1 aromatic heterocycles. The van der Waals surface area contributed by atoms with E-state index in [9.17, 15) is 8.42 Å². The minimum atomic E-state index is -2.95. The van der Waals surface area contributed by atoms with Gasteiger partial charge in [0.25, 0.3) is 0 Å². The highest BCUT2D eigenvalue weighted by molar-refractivity contribution is 7.91. The van der Waals surface area contributed by atoms with Crippen molar-refractivity contribution in [2.24, 2.45) is 4.99 Å². The van der Waals surface area contributed by atoms with Crippen LogP contribution in [0.4, 0.5) is 0 Å². The predicted octanol–water partition coefficient (Wildman–Crippen LogP) is 0.769. The minimum Gasteiger partial charge on any atom is -0.467 e. The monoisotopic (exact) mass is 287 g/mol. The molecule has 108 valence electrons. The van der Waals surface area contributed by atoms with Crippen LogP contribution in [-0.4, -0.2) is 39.0 Å². The lowest BCUT2D eigenvalue weighted by Gasteiger charge is -2.10. The molecule has 0 spiro atoms. The average molecular weight is 287 g/mol. The standard InChI is InChI=1S/C12H21N3O3S/c1-3-13-12(14-7-9-19(16,17)4-2)15-10-11-6-5-8-18-11/h5-6,8H,3-4,7,9-10H2,1-2H3,(H2,13,14,15). The van der Waals surface area contributed by atoms with Gasteiger partial charge >= 0.3 is 0 Å². The molecule has 0 aliphatic rings. The molecule has 19 heavy (non-hydrogen) atoms. The van der Waals surface area contributed by atoms with Gasteiger partial charge in [0.1, 0.15) is 12.3 Å². The fourth-order valence-corrected chi connectivity index (χ4v) is 2.07. The summed E-state index contributed by atoms with van der Waals surface area (Å²) in [7, 11) is -2.95. The average Bonchev–Trinajstić information content (AvgIpc) is 2.89. The maximum Gasteiger partial charge on any atom is 0.191 e. The van der Waals surface area contributed by atoms with Crippen LogP contribution in [0.3, 0.4) is 0 Å². The third-order valence-electron chi connectivity index (χ3n) is 2.46. The Hall–Kier alpha value is -1.50. The third kappa shape index (κ3) is 6.28. The van der Waals surface area contributed by atoms with Crippen molar-refractivity contribution >= 4 is 15.8 Å². The zero-order valence-corrected chi connectivity index (χ0v) is 12.2. The molecule has 6 nitrogen and oxygen atoms in total. The molecule has 0 atom stereocenters. The van der Waals surface area contributed by atoms with Crippen LogP contribution in [0, 0.1) is 0 Å². The molecule has 0 aromatic carbocycles. The highest BCUT2D eigenvalue weighted by atomic mass is 32.2. The van der Waals surface area contributed by atoms with E-state index < -0.39 is 9.84 Å². The molecule has 0 saturated heterocycles. The molecule has 0 fully saturated rings. The number of nitrogens with one attached hydrogen (secondary N) is 2. The van der Waals surface area contributed by atoms with Crippen molar-refractivity contribution in [2.45, 2.75) is 20.4 Å². The van der Waals surface area contributed by atoms with Gasteiger partial charge in [-0.1, -0.05) is 6.92 Å². The van der Waals surface area contributed by atoms with Gasteiger partial charge in [-0.25, -0.2) is 13.4 Å². The highest BCUT2D eigenvalue weighted by Gasteiger charge is 2.07. The van der Waals surface area contributed by atoms with Crippen molar-refractivity contribution in [1.29, 1.82) is 0 Å². The molecule has 0 aliphatic carbocycles. The third-order valence-corrected chi connectivity index (χ3v) is 4.17. The molecule has 0 saturated carbocycles. The van der Waals surface area contributed by atoms with Crippen LogP contribution < -0.4 is 10.6 Å². The molecule has 0 unspecified atom stereocenters. The van der Waals surface area contributed by atoms with Crippen molar-refractivity contribution in [3.05, 3.63) is 24.2 Å². The van der Waals surface area contributed by atoms with E-state index in [-0.39, 0.29) is 11.5 Å². The zero-order chi connectivity index (χ0) is 14.1. The van der Waals surface area contributed by atoms with Crippen LogP contribution in [0.25, 0.3) is 0 Å². The van der Waals surface area contributed by atoms with Gasteiger partial charge in [-0.3, -0.25) is 0 Å². The second-order valence-electron chi connectivity index (χ2n) is 3.94. The Morgan fingerprint density at radius 3 is 2.74 bits per heavy atom. The van der Waals surface area contributed by atoms with Crippen LogP contribution in [0.1, 0.15) is 19.6 Å². The molecule has 0 aliphatic heterocycles. The van der Waals surface area contributed by atoms with E-state index in [1.807, 2.05) is 13.0 Å². The lowest BCUT2D eigenvalue weighted by Crippen LogP contribution is -2.39. The number of sulfone groups is 1. The minimum absolute atomic E-state index is 0.106. The Balaban J connectivity index is 2.46. The number of hydrogen-bond donors (Lipinski definition) is 2. The summed E-state index contributed by atoms with van der Waals surface area (Å²) in [4.78, 5) is 4.31. The van der Waals surface area contributed by atoms with E-state index in [4.69, 9.17) is 4.42 Å². The summed E-state index contributed by atoms with van der Waals surface area (Å²) in [6.45, 7) is 5.08. The number of hydrogen-bond acceptors (Lipinski definition) is 4. The normalized spacial score (nSPS) is 12.4. The van der Waals surface area contributed by atoms with Crippen LogP contribution in [0.2, 0.25) is 0 Å². The first-order valence-corrected chi connectivity index (χ1v) is 8.14. The van der Waals surface area contributed by atoms with Crippen molar-refractivity contribution in [3.8, 4) is 0 Å². The smallest absolute Gasteiger partial charge is 0.191 e. The first-order valence-electron chi connectivity index (χ1n) is 6.32. The summed E-state index contributed by atoms with van der Waals surface area (Å²) in [6.07, 6.45) is 1.60. The van der Waals surface area contributed by atoms with E-state index in [0.717, 1.165) is 5.76 Å². The summed E-state index contributed by atoms with van der Waals surface area (Å²) in [5.41, 5.74) is 0. The van der Waals surface area contributed by atoms with E-state index >= 15 is 0 Å². The molecule has 1 rings (SSSR count). The summed E-state index contributed by atoms with van der Waals surface area (Å²) in [5.74, 6) is 1.62. The first kappa shape index (κ1) is 15.6. The Bertz CT molecular complexity index is 480. The largest absolute Gasteiger partial charge is 0.467 e. The Morgan fingerprint density at radius 2 is 2.16 bits per heavy atom. The summed E-state index contributed by atoms with van der Waals surface area (Å²) < 4.78 is 27.9. The van der Waals surface area contributed by atoms with Crippen molar-refractivity contribution < 1.29 is 12.8 Å². The number of guanidine groups is 1. The van der Waals surface area contributed by atoms with Crippen molar-refractivity contribution in [1.82, 2.24) is 10.6 Å². The maximum absolute atomic E-state index is 11.4.